The van der Waals surface area contributed by atoms with Gasteiger partial charge in [0.15, 0.2) is 11.6 Å². The van der Waals surface area contributed by atoms with Crippen molar-refractivity contribution in [3.05, 3.63) is 77.4 Å². The van der Waals surface area contributed by atoms with Crippen molar-refractivity contribution in [2.24, 2.45) is 4.99 Å². The van der Waals surface area contributed by atoms with Crippen LogP contribution in [0.25, 0.3) is 0 Å². The Morgan fingerprint density at radius 2 is 1.90 bits per heavy atom. The summed E-state index contributed by atoms with van der Waals surface area (Å²) in [6.45, 7) is 3.34. The predicted octanol–water partition coefficient (Wildman–Crippen LogP) is 3.64. The molecule has 0 aliphatic heterocycles. The van der Waals surface area contributed by atoms with Gasteiger partial charge in [-0.3, -0.25) is 0 Å². The molecular formula is C23H22FN5O. The number of nitrogens with two attached hydrogens (primary N) is 1. The Kier molecular flexibility index (Phi) is 6.09. The molecule has 7 heteroatoms. The summed E-state index contributed by atoms with van der Waals surface area (Å²) in [7, 11) is 1.68. The maximum absolute atomic E-state index is 13.5. The topological polar surface area (TPSA) is 96.4 Å². The highest BCUT2D eigenvalue weighted by Gasteiger charge is 2.19. The Balaban J connectivity index is 1.97. The Hall–Kier alpha value is -3.76. The lowest BCUT2D eigenvalue weighted by molar-refractivity contribution is 0.122. The zero-order chi connectivity index (χ0) is 21.7. The van der Waals surface area contributed by atoms with E-state index in [-0.39, 0.29) is 17.5 Å². The average Bonchev–Trinajstić information content (AvgIpc) is 2.74. The predicted molar refractivity (Wildman–Crippen MR) is 117 cm³/mol. The number of benzene rings is 2. The summed E-state index contributed by atoms with van der Waals surface area (Å²) >= 11 is 0. The van der Waals surface area contributed by atoms with Gasteiger partial charge in [0.05, 0.1) is 0 Å². The second-order valence-corrected chi connectivity index (χ2v) is 6.78. The summed E-state index contributed by atoms with van der Waals surface area (Å²) in [5, 5.41) is 13.6. The molecule has 1 atom stereocenters. The number of anilines is 2. The second kappa shape index (κ2) is 8.72. The Morgan fingerprint density at radius 3 is 2.57 bits per heavy atom. The number of nitrogens with one attached hydrogen (secondary N) is 1. The normalized spacial score (nSPS) is 13.2. The first-order chi connectivity index (χ1) is 14.3. The Morgan fingerprint density at radius 1 is 1.17 bits per heavy atom. The molecule has 3 aromatic rings. The molecule has 0 saturated heterocycles. The molecule has 6 nitrogen and oxygen atoms in total. The smallest absolute Gasteiger partial charge is 0.209 e. The van der Waals surface area contributed by atoms with Crippen LogP contribution in [-0.4, -0.2) is 27.8 Å². The number of hydrogen-bond donors (Lipinski definition) is 3. The van der Waals surface area contributed by atoms with E-state index in [0.29, 0.717) is 28.3 Å². The van der Waals surface area contributed by atoms with Crippen LogP contribution in [0.15, 0.2) is 59.6 Å². The third-order valence-electron chi connectivity index (χ3n) is 4.42. The van der Waals surface area contributed by atoms with E-state index in [1.165, 1.54) is 12.1 Å². The lowest BCUT2D eigenvalue weighted by Crippen LogP contribution is -2.18. The average molecular weight is 403 g/mol. The van der Waals surface area contributed by atoms with E-state index in [1.807, 2.05) is 18.2 Å². The van der Waals surface area contributed by atoms with Gasteiger partial charge in [0.1, 0.15) is 17.1 Å². The molecule has 1 unspecified atom stereocenters. The van der Waals surface area contributed by atoms with E-state index in [4.69, 9.17) is 5.73 Å². The highest BCUT2D eigenvalue weighted by atomic mass is 19.1. The van der Waals surface area contributed by atoms with Crippen LogP contribution in [0.2, 0.25) is 0 Å². The highest BCUT2D eigenvalue weighted by Crippen LogP contribution is 2.29. The van der Waals surface area contributed by atoms with E-state index in [1.54, 1.807) is 45.2 Å². The van der Waals surface area contributed by atoms with Gasteiger partial charge in [0.25, 0.3) is 0 Å². The van der Waals surface area contributed by atoms with Gasteiger partial charge < -0.3 is 16.2 Å². The van der Waals surface area contributed by atoms with E-state index in [0.717, 1.165) is 0 Å². The Bertz CT molecular complexity index is 1150. The molecule has 0 aliphatic rings. The van der Waals surface area contributed by atoms with Crippen LogP contribution in [0.3, 0.4) is 0 Å². The SMILES string of the molecule is CNc1nc(C#CC(C)(O)c2ccccc2)nc(N)c1N=C(C)c1cccc(F)c1. The molecule has 1 heterocycles. The first-order valence-electron chi connectivity index (χ1n) is 9.27. The van der Waals surface area contributed by atoms with Crippen LogP contribution in [0.4, 0.5) is 21.7 Å². The van der Waals surface area contributed by atoms with Crippen molar-refractivity contribution in [2.45, 2.75) is 19.4 Å². The first-order valence-corrected chi connectivity index (χ1v) is 9.27. The number of aliphatic hydroxyl groups is 1. The second-order valence-electron chi connectivity index (χ2n) is 6.78. The van der Waals surface area contributed by atoms with Gasteiger partial charge in [0, 0.05) is 12.8 Å². The van der Waals surface area contributed by atoms with Crippen molar-refractivity contribution in [1.29, 1.82) is 0 Å². The lowest BCUT2D eigenvalue weighted by atomic mass is 9.97. The molecule has 0 bridgehead atoms. The number of hydrogen-bond acceptors (Lipinski definition) is 6. The number of nitrogen functional groups attached to an aromatic ring is 1. The van der Waals surface area contributed by atoms with Gasteiger partial charge in [-0.25, -0.2) is 19.4 Å². The fourth-order valence-electron chi connectivity index (χ4n) is 2.77. The van der Waals surface area contributed by atoms with Crippen LogP contribution in [0.1, 0.15) is 30.8 Å². The van der Waals surface area contributed by atoms with E-state index < -0.39 is 5.60 Å². The van der Waals surface area contributed by atoms with Crippen LogP contribution in [-0.2, 0) is 5.60 Å². The number of aromatic nitrogens is 2. The highest BCUT2D eigenvalue weighted by molar-refractivity contribution is 6.01. The van der Waals surface area contributed by atoms with Crippen LogP contribution in [0, 0.1) is 17.7 Å². The van der Waals surface area contributed by atoms with E-state index in [9.17, 15) is 9.50 Å². The van der Waals surface area contributed by atoms with Gasteiger partial charge in [-0.1, -0.05) is 48.4 Å². The summed E-state index contributed by atoms with van der Waals surface area (Å²) in [5.41, 5.74) is 6.91. The summed E-state index contributed by atoms with van der Waals surface area (Å²) < 4.78 is 13.5. The third-order valence-corrected chi connectivity index (χ3v) is 4.42. The fraction of sp³-hybridized carbons (Fsp3) is 0.174. The molecule has 0 amide bonds. The summed E-state index contributed by atoms with van der Waals surface area (Å²) in [6, 6.07) is 15.2. The molecular weight excluding hydrogens is 381 g/mol. The first kappa shape index (κ1) is 21.0. The molecule has 3 rings (SSSR count). The lowest BCUT2D eigenvalue weighted by Gasteiger charge is -2.16. The van der Waals surface area contributed by atoms with E-state index in [2.05, 4.69) is 32.1 Å². The van der Waals surface area contributed by atoms with Crippen LogP contribution < -0.4 is 11.1 Å². The molecule has 0 fully saturated rings. The van der Waals surface area contributed by atoms with Crippen LogP contribution in [0.5, 0.6) is 0 Å². The zero-order valence-electron chi connectivity index (χ0n) is 16.9. The van der Waals surface area contributed by atoms with Gasteiger partial charge >= 0.3 is 0 Å². The van der Waals surface area contributed by atoms with Crippen molar-refractivity contribution in [3.63, 3.8) is 0 Å². The van der Waals surface area contributed by atoms with Crippen molar-refractivity contribution in [3.8, 4) is 11.8 Å². The monoisotopic (exact) mass is 403 g/mol. The molecule has 0 spiro atoms. The number of aliphatic imine (C=N–C) groups is 1. The van der Waals surface area contributed by atoms with Gasteiger partial charge in [0.2, 0.25) is 5.82 Å². The van der Waals surface area contributed by atoms with Crippen LogP contribution >= 0.6 is 0 Å². The molecule has 152 valence electrons. The minimum absolute atomic E-state index is 0.119. The van der Waals surface area contributed by atoms with Gasteiger partial charge in [-0.05, 0) is 43.0 Å². The minimum Gasteiger partial charge on any atom is -0.382 e. The van der Waals surface area contributed by atoms with Crippen molar-refractivity contribution >= 4 is 23.0 Å². The van der Waals surface area contributed by atoms with Crippen molar-refractivity contribution in [2.75, 3.05) is 18.1 Å². The maximum Gasteiger partial charge on any atom is 0.209 e. The minimum atomic E-state index is -1.37. The third kappa shape index (κ3) is 4.80. The molecule has 0 radical (unpaired) electrons. The summed E-state index contributed by atoms with van der Waals surface area (Å²) in [5.74, 6) is 5.85. The summed E-state index contributed by atoms with van der Waals surface area (Å²) in [6.07, 6.45) is 0. The van der Waals surface area contributed by atoms with E-state index >= 15 is 0 Å². The fourth-order valence-corrected chi connectivity index (χ4v) is 2.77. The zero-order valence-corrected chi connectivity index (χ0v) is 16.9. The largest absolute Gasteiger partial charge is 0.382 e. The quantitative estimate of drug-likeness (QED) is 0.457. The van der Waals surface area contributed by atoms with Crippen molar-refractivity contribution < 1.29 is 9.50 Å². The molecule has 1 aromatic heterocycles. The number of nitrogens with zero attached hydrogens (tertiary/aromatic N) is 3. The molecule has 4 N–H and O–H groups in total. The summed E-state index contributed by atoms with van der Waals surface area (Å²) in [4.78, 5) is 13.0. The molecule has 30 heavy (non-hydrogen) atoms. The molecule has 2 aromatic carbocycles. The van der Waals surface area contributed by atoms with Gasteiger partial charge in [-0.15, -0.1) is 0 Å². The number of rotatable bonds is 4. The van der Waals surface area contributed by atoms with Gasteiger partial charge in [-0.2, -0.15) is 0 Å². The maximum atomic E-state index is 13.5. The molecule has 0 aliphatic carbocycles. The van der Waals surface area contributed by atoms with Crippen molar-refractivity contribution in [1.82, 2.24) is 9.97 Å². The standard InChI is InChI=1S/C23H22FN5O/c1-15(16-8-7-11-18(24)14-16)27-20-21(25)28-19(29-22(20)26-3)12-13-23(2,30)17-9-5-4-6-10-17/h4-11,14,30H,1-3H3,(H3,25,26,28,29). The molecule has 0 saturated carbocycles. The number of halogens is 1. The Labute approximate surface area is 174 Å².